The maximum absolute atomic E-state index is 9.84. The molecule has 0 aromatic carbocycles. The van der Waals surface area contributed by atoms with Crippen LogP contribution in [-0.4, -0.2) is 56.4 Å². The van der Waals surface area contributed by atoms with Gasteiger partial charge in [-0.2, -0.15) is 0 Å². The van der Waals surface area contributed by atoms with E-state index in [4.69, 9.17) is 19.9 Å². The number of aliphatic hydroxyl groups excluding tert-OH is 1. The van der Waals surface area contributed by atoms with Gasteiger partial charge >= 0.3 is 0 Å². The van der Waals surface area contributed by atoms with Crippen LogP contribution in [0.2, 0.25) is 0 Å². The summed E-state index contributed by atoms with van der Waals surface area (Å²) in [6.45, 7) is 18.0. The summed E-state index contributed by atoms with van der Waals surface area (Å²) in [4.78, 5) is 0. The lowest BCUT2D eigenvalue weighted by atomic mass is 9.47. The third-order valence-electron chi connectivity index (χ3n) is 15.8. The van der Waals surface area contributed by atoms with Gasteiger partial charge in [-0.15, -0.1) is 0 Å². The van der Waals surface area contributed by atoms with Crippen molar-refractivity contribution in [1.29, 1.82) is 0 Å². The van der Waals surface area contributed by atoms with Crippen LogP contribution in [0.25, 0.3) is 0 Å². The number of hydrogen-bond donors (Lipinski definition) is 2. The Morgan fingerprint density at radius 1 is 0.727 bits per heavy atom. The summed E-state index contributed by atoms with van der Waals surface area (Å²) < 4.78 is 18.3. The highest BCUT2D eigenvalue weighted by Crippen LogP contribution is 2.67. The second-order valence-electron chi connectivity index (χ2n) is 20.6. The van der Waals surface area contributed by atoms with E-state index in [1.54, 1.807) is 5.57 Å². The average Bonchev–Trinajstić information content (AvgIpc) is 3.53. The summed E-state index contributed by atoms with van der Waals surface area (Å²) in [6.07, 6.45) is 37.3. The van der Waals surface area contributed by atoms with Crippen molar-refractivity contribution in [1.82, 2.24) is 0 Å². The van der Waals surface area contributed by atoms with Crippen molar-refractivity contribution >= 4 is 0 Å². The van der Waals surface area contributed by atoms with Crippen LogP contribution in [0.5, 0.6) is 0 Å². The second kappa shape index (κ2) is 24.6. The molecule has 3 saturated carbocycles. The highest BCUT2D eigenvalue weighted by atomic mass is 16.5. The number of ether oxygens (including phenoxy) is 3. The van der Waals surface area contributed by atoms with Crippen molar-refractivity contribution < 1.29 is 19.3 Å². The predicted octanol–water partition coefficient (Wildman–Crippen LogP) is 13.0. The number of nitrogens with two attached hydrogens (primary N) is 1. The van der Waals surface area contributed by atoms with Gasteiger partial charge in [-0.05, 0) is 117 Å². The van der Waals surface area contributed by atoms with Crippen molar-refractivity contribution in [2.45, 2.75) is 220 Å². The van der Waals surface area contributed by atoms with Crippen molar-refractivity contribution in [2.75, 3.05) is 39.6 Å². The van der Waals surface area contributed by atoms with Crippen LogP contribution < -0.4 is 5.73 Å². The SMILES string of the molecule is CCCCCCCCCCOCC(N)(CO)COCCCCCCCCCO[C@H]1CC[C@@]2(C)C(=CCC3C4CCC(C(C)CCCC(C)C)[C@@]4(C)CCC32)C1. The summed E-state index contributed by atoms with van der Waals surface area (Å²) in [5, 5.41) is 9.84. The molecule has 0 bridgehead atoms. The van der Waals surface area contributed by atoms with E-state index in [-0.39, 0.29) is 6.61 Å². The van der Waals surface area contributed by atoms with E-state index in [0.29, 0.717) is 36.8 Å². The number of rotatable bonds is 30. The third-order valence-corrected chi connectivity index (χ3v) is 15.8. The monoisotopic (exact) mass is 772 g/mol. The molecule has 4 aliphatic carbocycles. The molecule has 0 spiro atoms. The van der Waals surface area contributed by atoms with E-state index in [9.17, 15) is 5.11 Å². The Morgan fingerprint density at radius 2 is 1.33 bits per heavy atom. The highest BCUT2D eigenvalue weighted by molar-refractivity contribution is 5.25. The number of unbranched alkanes of at least 4 members (excludes halogenated alkanes) is 13. The number of aliphatic hydroxyl groups is 1. The molecular formula is C50H93NO4. The fourth-order valence-electron chi connectivity index (χ4n) is 12.3. The van der Waals surface area contributed by atoms with E-state index in [1.807, 2.05) is 0 Å². The number of hydrogen-bond acceptors (Lipinski definition) is 5. The van der Waals surface area contributed by atoms with Gasteiger partial charge in [0.25, 0.3) is 0 Å². The molecule has 4 aliphatic rings. The van der Waals surface area contributed by atoms with Crippen LogP contribution in [0.4, 0.5) is 0 Å². The zero-order valence-electron chi connectivity index (χ0n) is 37.5. The molecule has 0 saturated heterocycles. The van der Waals surface area contributed by atoms with E-state index >= 15 is 0 Å². The smallest absolute Gasteiger partial charge is 0.0862 e. The standard InChI is InChI=1S/C50H93NO4/c1-7-8-9-10-11-13-16-19-33-53-38-50(51,37-52)39-54-34-20-17-14-12-15-18-21-35-55-43-29-31-48(5)42(36-43)25-26-44-46-28-27-45(41(4)24-22-23-40(2)3)49(46,6)32-30-47(44)48/h25,40-41,43-47,52H,7-24,26-39,51H2,1-6H3/t41?,43-,44?,45?,46?,47?,48-,49+,50?/m0/s1. The van der Waals surface area contributed by atoms with E-state index in [0.717, 1.165) is 61.6 Å². The number of fused-ring (bicyclic) bond motifs is 5. The Labute approximate surface area is 341 Å². The summed E-state index contributed by atoms with van der Waals surface area (Å²) in [5.74, 6) is 5.45. The molecule has 5 heteroatoms. The summed E-state index contributed by atoms with van der Waals surface area (Å²) in [6, 6.07) is 0. The lowest BCUT2D eigenvalue weighted by molar-refractivity contribution is -0.0641. The molecule has 6 unspecified atom stereocenters. The molecule has 0 aromatic rings. The van der Waals surface area contributed by atoms with Crippen LogP contribution in [0.15, 0.2) is 11.6 Å². The fraction of sp³-hybridized carbons (Fsp3) is 0.960. The molecule has 9 atom stereocenters. The molecule has 3 fully saturated rings. The first-order chi connectivity index (χ1) is 26.6. The molecule has 0 heterocycles. The zero-order chi connectivity index (χ0) is 39.6. The van der Waals surface area contributed by atoms with Crippen LogP contribution in [0, 0.1) is 46.3 Å². The zero-order valence-corrected chi connectivity index (χ0v) is 37.5. The van der Waals surface area contributed by atoms with Crippen LogP contribution >= 0.6 is 0 Å². The molecule has 55 heavy (non-hydrogen) atoms. The molecule has 0 aliphatic heterocycles. The minimum absolute atomic E-state index is 0.105. The molecule has 5 nitrogen and oxygen atoms in total. The third kappa shape index (κ3) is 14.4. The molecule has 0 amide bonds. The summed E-state index contributed by atoms with van der Waals surface area (Å²) >= 11 is 0. The first-order valence-electron chi connectivity index (χ1n) is 24.4. The van der Waals surface area contributed by atoms with Gasteiger partial charge in [0.05, 0.1) is 31.5 Å². The average molecular weight is 772 g/mol. The Bertz CT molecular complexity index is 1060. The highest BCUT2D eigenvalue weighted by Gasteiger charge is 2.59. The minimum Gasteiger partial charge on any atom is -0.394 e. The van der Waals surface area contributed by atoms with Crippen LogP contribution in [0.3, 0.4) is 0 Å². The Morgan fingerprint density at radius 3 is 1.93 bits per heavy atom. The van der Waals surface area contributed by atoms with Crippen molar-refractivity contribution in [3.05, 3.63) is 11.6 Å². The van der Waals surface area contributed by atoms with Crippen molar-refractivity contribution in [3.63, 3.8) is 0 Å². The Kier molecular flexibility index (Phi) is 21.1. The van der Waals surface area contributed by atoms with Gasteiger partial charge < -0.3 is 25.1 Å². The maximum Gasteiger partial charge on any atom is 0.0862 e. The normalized spacial score (nSPS) is 30.8. The maximum atomic E-state index is 9.84. The Balaban J connectivity index is 1.01. The Hall–Kier alpha value is -0.460. The second-order valence-corrected chi connectivity index (χ2v) is 20.6. The number of allylic oxidation sites excluding steroid dienone is 1. The van der Waals surface area contributed by atoms with Gasteiger partial charge in [-0.25, -0.2) is 0 Å². The largest absolute Gasteiger partial charge is 0.394 e. The van der Waals surface area contributed by atoms with Gasteiger partial charge in [0.2, 0.25) is 0 Å². The molecule has 3 N–H and O–H groups in total. The predicted molar refractivity (Wildman–Crippen MR) is 233 cm³/mol. The van der Waals surface area contributed by atoms with E-state index in [2.05, 4.69) is 47.6 Å². The molecule has 0 radical (unpaired) electrons. The lowest BCUT2D eigenvalue weighted by Crippen LogP contribution is -2.52. The first kappa shape index (κ1) is 47.2. The minimum atomic E-state index is -0.793. The van der Waals surface area contributed by atoms with Crippen LogP contribution in [0.1, 0.15) is 208 Å². The van der Waals surface area contributed by atoms with Gasteiger partial charge in [0, 0.05) is 19.8 Å². The van der Waals surface area contributed by atoms with Crippen LogP contribution in [-0.2, 0) is 14.2 Å². The summed E-state index contributed by atoms with van der Waals surface area (Å²) in [5.41, 5.74) is 8.34. The van der Waals surface area contributed by atoms with Gasteiger partial charge in [-0.3, -0.25) is 0 Å². The first-order valence-corrected chi connectivity index (χ1v) is 24.4. The molecule has 322 valence electrons. The van der Waals surface area contributed by atoms with Crippen molar-refractivity contribution in [2.24, 2.45) is 52.1 Å². The van der Waals surface area contributed by atoms with Gasteiger partial charge in [0.15, 0.2) is 0 Å². The molecular weight excluding hydrogens is 679 g/mol. The quantitative estimate of drug-likeness (QED) is 0.0562. The van der Waals surface area contributed by atoms with E-state index in [1.165, 1.54) is 154 Å². The molecule has 0 aromatic heterocycles. The topological polar surface area (TPSA) is 73.9 Å². The van der Waals surface area contributed by atoms with Crippen molar-refractivity contribution in [3.8, 4) is 0 Å². The lowest BCUT2D eigenvalue weighted by Gasteiger charge is -2.58. The van der Waals surface area contributed by atoms with Gasteiger partial charge in [-0.1, -0.05) is 150 Å². The fourth-order valence-corrected chi connectivity index (χ4v) is 12.3. The van der Waals surface area contributed by atoms with Gasteiger partial charge in [0.1, 0.15) is 0 Å². The summed E-state index contributed by atoms with van der Waals surface area (Å²) in [7, 11) is 0. The van der Waals surface area contributed by atoms with E-state index < -0.39 is 5.54 Å². The molecule has 4 rings (SSSR count).